The standard InChI is InChI=1S/C22H28N2O5S/c1-5-29-22(26)18-12-11-17(3)20(15-18)23-21(25)10-7-13-24(30(4,27)28)19-9-6-8-16(2)14-19/h6,8-9,11-12,14-15H,5,7,10,13H2,1-4H3,(H,23,25). The van der Waals surface area contributed by atoms with Crippen molar-refractivity contribution < 1.29 is 22.7 Å². The number of hydrogen-bond donors (Lipinski definition) is 1. The topological polar surface area (TPSA) is 92.8 Å². The van der Waals surface area contributed by atoms with Gasteiger partial charge in [0, 0.05) is 18.7 Å². The van der Waals surface area contributed by atoms with Crippen LogP contribution in [0.25, 0.3) is 0 Å². The fourth-order valence-corrected chi connectivity index (χ4v) is 3.92. The number of sulfonamides is 1. The summed E-state index contributed by atoms with van der Waals surface area (Å²) in [7, 11) is -3.47. The normalized spacial score (nSPS) is 11.1. The average Bonchev–Trinajstić information content (AvgIpc) is 2.66. The molecule has 2 rings (SSSR count). The third kappa shape index (κ3) is 6.59. The fraction of sp³-hybridized carbons (Fsp3) is 0.364. The number of ether oxygens (including phenoxy) is 1. The zero-order valence-corrected chi connectivity index (χ0v) is 18.6. The lowest BCUT2D eigenvalue weighted by Gasteiger charge is -2.22. The van der Waals surface area contributed by atoms with Crippen molar-refractivity contribution >= 4 is 33.3 Å². The highest BCUT2D eigenvalue weighted by Crippen LogP contribution is 2.21. The van der Waals surface area contributed by atoms with E-state index in [0.29, 0.717) is 23.4 Å². The lowest BCUT2D eigenvalue weighted by atomic mass is 10.1. The van der Waals surface area contributed by atoms with E-state index in [4.69, 9.17) is 4.74 Å². The molecule has 2 aromatic carbocycles. The minimum absolute atomic E-state index is 0.140. The summed E-state index contributed by atoms with van der Waals surface area (Å²) in [6.07, 6.45) is 1.64. The van der Waals surface area contributed by atoms with E-state index in [0.717, 1.165) is 17.4 Å². The molecule has 0 bridgehead atoms. The Hall–Kier alpha value is -2.87. The molecule has 0 saturated carbocycles. The fourth-order valence-electron chi connectivity index (χ4n) is 2.96. The Morgan fingerprint density at radius 1 is 1.10 bits per heavy atom. The molecule has 0 heterocycles. The lowest BCUT2D eigenvalue weighted by molar-refractivity contribution is -0.116. The van der Waals surface area contributed by atoms with Crippen molar-refractivity contribution in [2.45, 2.75) is 33.6 Å². The average molecular weight is 433 g/mol. The van der Waals surface area contributed by atoms with Crippen LogP contribution >= 0.6 is 0 Å². The summed E-state index contributed by atoms with van der Waals surface area (Å²) in [6.45, 7) is 5.91. The van der Waals surface area contributed by atoms with E-state index in [1.54, 1.807) is 43.3 Å². The maximum absolute atomic E-state index is 12.4. The van der Waals surface area contributed by atoms with Crippen LogP contribution in [0.3, 0.4) is 0 Å². The van der Waals surface area contributed by atoms with Gasteiger partial charge in [0.15, 0.2) is 0 Å². The second-order valence-electron chi connectivity index (χ2n) is 7.08. The smallest absolute Gasteiger partial charge is 0.338 e. The van der Waals surface area contributed by atoms with Crippen LogP contribution < -0.4 is 9.62 Å². The van der Waals surface area contributed by atoms with Gasteiger partial charge in [0.1, 0.15) is 0 Å². The van der Waals surface area contributed by atoms with Gasteiger partial charge in [0.2, 0.25) is 15.9 Å². The third-order valence-corrected chi connectivity index (χ3v) is 5.67. The van der Waals surface area contributed by atoms with Crippen molar-refractivity contribution in [3.8, 4) is 0 Å². The van der Waals surface area contributed by atoms with Crippen molar-refractivity contribution in [3.63, 3.8) is 0 Å². The van der Waals surface area contributed by atoms with Crippen LogP contribution in [0.4, 0.5) is 11.4 Å². The van der Waals surface area contributed by atoms with Crippen LogP contribution in [0.2, 0.25) is 0 Å². The van der Waals surface area contributed by atoms with E-state index >= 15 is 0 Å². The highest BCUT2D eigenvalue weighted by atomic mass is 32.2. The second kappa shape index (κ2) is 10.2. The number of nitrogens with one attached hydrogen (secondary N) is 1. The van der Waals surface area contributed by atoms with Crippen LogP contribution in [-0.2, 0) is 19.6 Å². The van der Waals surface area contributed by atoms with Crippen LogP contribution in [0.15, 0.2) is 42.5 Å². The molecule has 0 aromatic heterocycles. The number of anilines is 2. The predicted molar refractivity (Wildman–Crippen MR) is 118 cm³/mol. The van der Waals surface area contributed by atoms with Gasteiger partial charge in [-0.25, -0.2) is 13.2 Å². The molecule has 0 aliphatic heterocycles. The van der Waals surface area contributed by atoms with Crippen LogP contribution in [-0.4, -0.2) is 39.7 Å². The van der Waals surface area contributed by atoms with E-state index in [1.807, 2.05) is 19.9 Å². The van der Waals surface area contributed by atoms with Gasteiger partial charge in [-0.2, -0.15) is 0 Å². The van der Waals surface area contributed by atoms with E-state index in [2.05, 4.69) is 5.32 Å². The first-order chi connectivity index (χ1) is 14.1. The molecule has 0 saturated heterocycles. The first-order valence-corrected chi connectivity index (χ1v) is 11.6. The molecule has 0 atom stereocenters. The van der Waals surface area contributed by atoms with E-state index in [9.17, 15) is 18.0 Å². The highest BCUT2D eigenvalue weighted by Gasteiger charge is 2.18. The van der Waals surface area contributed by atoms with Crippen molar-refractivity contribution in [2.24, 2.45) is 0 Å². The molecule has 0 radical (unpaired) electrons. The summed E-state index contributed by atoms with van der Waals surface area (Å²) < 4.78 is 30.7. The number of amides is 1. The zero-order chi connectivity index (χ0) is 22.3. The van der Waals surface area contributed by atoms with E-state index in [1.165, 1.54) is 4.31 Å². The molecule has 2 aromatic rings. The Balaban J connectivity index is 2.01. The SMILES string of the molecule is CCOC(=O)c1ccc(C)c(NC(=O)CCCN(c2cccc(C)c2)S(C)(=O)=O)c1. The Labute approximate surface area is 178 Å². The van der Waals surface area contributed by atoms with Gasteiger partial charge in [-0.05, 0) is 62.6 Å². The van der Waals surface area contributed by atoms with Crippen LogP contribution in [0, 0.1) is 13.8 Å². The number of nitrogens with zero attached hydrogens (tertiary/aromatic N) is 1. The Kier molecular flexibility index (Phi) is 8.00. The molecule has 1 amide bonds. The monoisotopic (exact) mass is 432 g/mol. The van der Waals surface area contributed by atoms with Gasteiger partial charge in [0.05, 0.1) is 24.1 Å². The molecule has 0 fully saturated rings. The van der Waals surface area contributed by atoms with Crippen molar-refractivity contribution in [3.05, 3.63) is 59.2 Å². The van der Waals surface area contributed by atoms with Crippen molar-refractivity contribution in [1.82, 2.24) is 0 Å². The van der Waals surface area contributed by atoms with Gasteiger partial charge in [-0.15, -0.1) is 0 Å². The number of aryl methyl sites for hydroxylation is 2. The summed E-state index contributed by atoms with van der Waals surface area (Å²) >= 11 is 0. The largest absolute Gasteiger partial charge is 0.462 e. The van der Waals surface area contributed by atoms with Crippen molar-refractivity contribution in [1.29, 1.82) is 0 Å². The molecule has 1 N–H and O–H groups in total. The third-order valence-electron chi connectivity index (χ3n) is 4.48. The molecule has 162 valence electrons. The zero-order valence-electron chi connectivity index (χ0n) is 17.8. The number of carbonyl (C=O) groups is 2. The van der Waals surface area contributed by atoms with E-state index < -0.39 is 16.0 Å². The lowest BCUT2D eigenvalue weighted by Crippen LogP contribution is -2.31. The number of hydrogen-bond acceptors (Lipinski definition) is 5. The number of carbonyl (C=O) groups excluding carboxylic acids is 2. The molecule has 0 aliphatic carbocycles. The minimum Gasteiger partial charge on any atom is -0.462 e. The second-order valence-corrected chi connectivity index (χ2v) is 8.98. The summed E-state index contributed by atoms with van der Waals surface area (Å²) in [5.74, 6) is -0.702. The molecule has 0 spiro atoms. The Bertz CT molecular complexity index is 1020. The molecule has 30 heavy (non-hydrogen) atoms. The molecule has 7 nitrogen and oxygen atoms in total. The van der Waals surface area contributed by atoms with Gasteiger partial charge in [-0.3, -0.25) is 9.10 Å². The first kappa shape index (κ1) is 23.4. The number of rotatable bonds is 9. The van der Waals surface area contributed by atoms with Gasteiger partial charge in [-0.1, -0.05) is 18.2 Å². The molecular formula is C22H28N2O5S. The molecule has 0 unspecified atom stereocenters. The van der Waals surface area contributed by atoms with Crippen molar-refractivity contribution in [2.75, 3.05) is 29.0 Å². The summed E-state index contributed by atoms with van der Waals surface area (Å²) in [6, 6.07) is 12.2. The summed E-state index contributed by atoms with van der Waals surface area (Å²) in [5, 5.41) is 2.79. The van der Waals surface area contributed by atoms with Crippen LogP contribution in [0.5, 0.6) is 0 Å². The number of benzene rings is 2. The maximum atomic E-state index is 12.4. The van der Waals surface area contributed by atoms with E-state index in [-0.39, 0.29) is 25.5 Å². The molecule has 8 heteroatoms. The summed E-state index contributed by atoms with van der Waals surface area (Å²) in [4.78, 5) is 24.3. The van der Waals surface area contributed by atoms with Gasteiger partial charge >= 0.3 is 5.97 Å². The van der Waals surface area contributed by atoms with Gasteiger partial charge < -0.3 is 10.1 Å². The minimum atomic E-state index is -3.47. The molecule has 0 aliphatic rings. The first-order valence-electron chi connectivity index (χ1n) is 9.74. The predicted octanol–water partition coefficient (Wildman–Crippen LogP) is 3.67. The van der Waals surface area contributed by atoms with Gasteiger partial charge in [0.25, 0.3) is 0 Å². The Morgan fingerprint density at radius 2 is 1.83 bits per heavy atom. The molecular weight excluding hydrogens is 404 g/mol. The van der Waals surface area contributed by atoms with Crippen LogP contribution in [0.1, 0.15) is 41.3 Å². The Morgan fingerprint density at radius 3 is 2.47 bits per heavy atom. The maximum Gasteiger partial charge on any atom is 0.338 e. The summed E-state index contributed by atoms with van der Waals surface area (Å²) in [5.41, 5.74) is 3.24. The highest BCUT2D eigenvalue weighted by molar-refractivity contribution is 7.92. The quantitative estimate of drug-likeness (QED) is 0.611. The number of esters is 1.